The molecule has 2 N–H and O–H groups in total. The highest BCUT2D eigenvalue weighted by Crippen LogP contribution is 2.40. The van der Waals surface area contributed by atoms with Crippen LogP contribution in [0.1, 0.15) is 53.1 Å². The molecule has 6 heteroatoms. The molecule has 2 aromatic carbocycles. The summed E-state index contributed by atoms with van der Waals surface area (Å²) in [7, 11) is 0. The van der Waals surface area contributed by atoms with Crippen LogP contribution in [0.5, 0.6) is 5.75 Å². The van der Waals surface area contributed by atoms with E-state index in [1.54, 1.807) is 23.6 Å². The van der Waals surface area contributed by atoms with Crippen LogP contribution < -0.4 is 10.2 Å². The van der Waals surface area contributed by atoms with E-state index in [1.165, 1.54) is 4.88 Å². The minimum Gasteiger partial charge on any atom is -0.507 e. The molecular weight excluding hydrogens is 418 g/mol. The van der Waals surface area contributed by atoms with E-state index in [-0.39, 0.29) is 11.7 Å². The maximum Gasteiger partial charge on any atom is 0.259 e. The lowest BCUT2D eigenvalue weighted by molar-refractivity contribution is 0.102. The van der Waals surface area contributed by atoms with Gasteiger partial charge in [-0.15, -0.1) is 11.3 Å². The van der Waals surface area contributed by atoms with Crippen LogP contribution in [0.4, 0.5) is 16.4 Å². The SMILES string of the molecule is CCN(CC)c1ccc(/C=N\c2sc3c(c2C(=O)Nc2ccccc2)CCCC3)c(O)c1. The van der Waals surface area contributed by atoms with Gasteiger partial charge in [0.15, 0.2) is 0 Å². The highest BCUT2D eigenvalue weighted by Gasteiger charge is 2.25. The van der Waals surface area contributed by atoms with Gasteiger partial charge < -0.3 is 15.3 Å². The molecule has 5 nitrogen and oxygen atoms in total. The van der Waals surface area contributed by atoms with Crippen molar-refractivity contribution in [3.05, 3.63) is 70.1 Å². The number of phenolic OH excluding ortho intramolecular Hbond substituents is 1. The van der Waals surface area contributed by atoms with Crippen LogP contribution in [0.3, 0.4) is 0 Å². The van der Waals surface area contributed by atoms with Crippen molar-refractivity contribution in [1.82, 2.24) is 0 Å². The zero-order valence-corrected chi connectivity index (χ0v) is 19.4. The number of carbonyl (C=O) groups is 1. The Hall–Kier alpha value is -3.12. The van der Waals surface area contributed by atoms with Gasteiger partial charge in [-0.05, 0) is 69.4 Å². The van der Waals surface area contributed by atoms with Crippen LogP contribution >= 0.6 is 11.3 Å². The molecule has 166 valence electrons. The first-order chi connectivity index (χ1) is 15.6. The number of phenols is 1. The lowest BCUT2D eigenvalue weighted by atomic mass is 9.95. The van der Waals surface area contributed by atoms with E-state index in [0.717, 1.165) is 55.7 Å². The number of carbonyl (C=O) groups excluding carboxylic acids is 1. The average Bonchev–Trinajstić information content (AvgIpc) is 3.18. The molecular formula is C26H29N3O2S. The standard InChI is InChI=1S/C26H29N3O2S/c1-3-29(4-2)20-15-14-18(22(30)16-20)17-27-26-24(21-12-8-9-13-23(21)32-26)25(31)28-19-10-6-5-7-11-19/h5-7,10-11,14-17,30H,3-4,8-9,12-13H2,1-2H3,(H,28,31)/b27-17-. The first kappa shape index (κ1) is 22.1. The molecule has 0 unspecified atom stereocenters. The van der Waals surface area contributed by atoms with E-state index in [1.807, 2.05) is 42.5 Å². The van der Waals surface area contributed by atoms with E-state index in [0.29, 0.717) is 16.1 Å². The number of amides is 1. The number of aromatic hydroxyl groups is 1. The second-order valence-corrected chi connectivity index (χ2v) is 8.97. The van der Waals surface area contributed by atoms with Crippen LogP contribution in [-0.2, 0) is 12.8 Å². The number of aliphatic imine (C=N–C) groups is 1. The summed E-state index contributed by atoms with van der Waals surface area (Å²) >= 11 is 1.59. The fourth-order valence-corrected chi connectivity index (χ4v) is 5.38. The van der Waals surface area contributed by atoms with Crippen LogP contribution in [0.25, 0.3) is 0 Å². The normalized spacial score (nSPS) is 13.2. The summed E-state index contributed by atoms with van der Waals surface area (Å²) in [6, 6.07) is 15.2. The molecule has 0 bridgehead atoms. The highest BCUT2D eigenvalue weighted by molar-refractivity contribution is 7.16. The predicted molar refractivity (Wildman–Crippen MR) is 134 cm³/mol. The van der Waals surface area contributed by atoms with Gasteiger partial charge in [0.1, 0.15) is 10.8 Å². The Labute approximate surface area is 193 Å². The summed E-state index contributed by atoms with van der Waals surface area (Å²) < 4.78 is 0. The Morgan fingerprint density at radius 3 is 2.59 bits per heavy atom. The van der Waals surface area contributed by atoms with Crippen molar-refractivity contribution < 1.29 is 9.90 Å². The van der Waals surface area contributed by atoms with Crippen LogP contribution in [-0.4, -0.2) is 30.3 Å². The molecule has 3 aromatic rings. The summed E-state index contributed by atoms with van der Waals surface area (Å²) in [5.74, 6) is 0.0682. The van der Waals surface area contributed by atoms with Gasteiger partial charge in [-0.25, -0.2) is 4.99 Å². The lowest BCUT2D eigenvalue weighted by Gasteiger charge is -2.21. The number of aryl methyl sites for hydroxylation is 1. The number of hydrogen-bond acceptors (Lipinski definition) is 5. The molecule has 1 heterocycles. The Kier molecular flexibility index (Phi) is 6.90. The van der Waals surface area contributed by atoms with Gasteiger partial charge in [0.05, 0.1) is 5.56 Å². The molecule has 0 radical (unpaired) electrons. The molecule has 1 aliphatic rings. The van der Waals surface area contributed by atoms with E-state index in [9.17, 15) is 9.90 Å². The first-order valence-electron chi connectivity index (χ1n) is 11.2. The van der Waals surface area contributed by atoms with Crippen LogP contribution in [0.15, 0.2) is 53.5 Å². The zero-order valence-electron chi connectivity index (χ0n) is 18.6. The topological polar surface area (TPSA) is 64.9 Å². The fraction of sp³-hybridized carbons (Fsp3) is 0.308. The quantitative estimate of drug-likeness (QED) is 0.425. The Bertz CT molecular complexity index is 1120. The van der Waals surface area contributed by atoms with E-state index < -0.39 is 0 Å². The van der Waals surface area contributed by atoms with Gasteiger partial charge in [-0.1, -0.05) is 18.2 Å². The first-order valence-corrected chi connectivity index (χ1v) is 12.0. The molecule has 32 heavy (non-hydrogen) atoms. The van der Waals surface area contributed by atoms with Crippen molar-refractivity contribution in [2.24, 2.45) is 4.99 Å². The number of para-hydroxylation sites is 1. The largest absolute Gasteiger partial charge is 0.507 e. The molecule has 4 rings (SSSR count). The maximum absolute atomic E-state index is 13.2. The van der Waals surface area contributed by atoms with Gasteiger partial charge in [-0.2, -0.15) is 0 Å². The van der Waals surface area contributed by atoms with Gasteiger partial charge in [0.2, 0.25) is 0 Å². The summed E-state index contributed by atoms with van der Waals surface area (Å²) in [6.07, 6.45) is 5.79. The van der Waals surface area contributed by atoms with Gasteiger partial charge in [0, 0.05) is 47.2 Å². The molecule has 0 saturated heterocycles. The number of thiophene rings is 1. The number of hydrogen-bond donors (Lipinski definition) is 2. The van der Waals surface area contributed by atoms with Crippen molar-refractivity contribution in [2.45, 2.75) is 39.5 Å². The molecule has 0 aliphatic heterocycles. The molecule has 0 atom stereocenters. The van der Waals surface area contributed by atoms with Crippen molar-refractivity contribution in [3.8, 4) is 5.75 Å². The van der Waals surface area contributed by atoms with Crippen molar-refractivity contribution in [1.29, 1.82) is 0 Å². The lowest BCUT2D eigenvalue weighted by Crippen LogP contribution is -2.21. The van der Waals surface area contributed by atoms with E-state index in [4.69, 9.17) is 0 Å². The van der Waals surface area contributed by atoms with Gasteiger partial charge >= 0.3 is 0 Å². The second-order valence-electron chi connectivity index (χ2n) is 7.88. The number of benzene rings is 2. The number of nitrogens with zero attached hydrogens (tertiary/aromatic N) is 2. The average molecular weight is 448 g/mol. The third kappa shape index (κ3) is 4.70. The number of rotatable bonds is 7. The summed E-state index contributed by atoms with van der Waals surface area (Å²) in [5, 5.41) is 14.3. The molecule has 1 aliphatic carbocycles. The van der Waals surface area contributed by atoms with Crippen molar-refractivity contribution in [3.63, 3.8) is 0 Å². The Morgan fingerprint density at radius 1 is 1.12 bits per heavy atom. The van der Waals surface area contributed by atoms with Crippen LogP contribution in [0, 0.1) is 0 Å². The molecule has 1 aromatic heterocycles. The Morgan fingerprint density at radius 2 is 1.88 bits per heavy atom. The molecule has 0 saturated carbocycles. The summed E-state index contributed by atoms with van der Waals surface area (Å²) in [4.78, 5) is 21.3. The minimum absolute atomic E-state index is 0.121. The van der Waals surface area contributed by atoms with Crippen molar-refractivity contribution >= 4 is 39.8 Å². The smallest absolute Gasteiger partial charge is 0.259 e. The molecule has 0 fully saturated rings. The number of fused-ring (bicyclic) bond motifs is 1. The number of anilines is 2. The molecule has 1 amide bonds. The second kappa shape index (κ2) is 10.0. The zero-order chi connectivity index (χ0) is 22.5. The van der Waals surface area contributed by atoms with Gasteiger partial charge in [-0.3, -0.25) is 4.79 Å². The summed E-state index contributed by atoms with van der Waals surface area (Å²) in [5.41, 5.74) is 4.20. The monoisotopic (exact) mass is 447 g/mol. The fourth-order valence-electron chi connectivity index (χ4n) is 4.15. The minimum atomic E-state index is -0.121. The highest BCUT2D eigenvalue weighted by atomic mass is 32.1. The van der Waals surface area contributed by atoms with E-state index in [2.05, 4.69) is 29.1 Å². The Balaban J connectivity index is 1.64. The molecule has 0 spiro atoms. The third-order valence-electron chi connectivity index (χ3n) is 5.87. The van der Waals surface area contributed by atoms with Crippen LogP contribution in [0.2, 0.25) is 0 Å². The number of nitrogens with one attached hydrogen (secondary N) is 1. The van der Waals surface area contributed by atoms with E-state index >= 15 is 0 Å². The van der Waals surface area contributed by atoms with Crippen molar-refractivity contribution in [2.75, 3.05) is 23.3 Å². The predicted octanol–water partition coefficient (Wildman–Crippen LogP) is 6.18. The third-order valence-corrected chi connectivity index (χ3v) is 7.07. The maximum atomic E-state index is 13.2. The summed E-state index contributed by atoms with van der Waals surface area (Å²) in [6.45, 7) is 5.95. The van der Waals surface area contributed by atoms with Gasteiger partial charge in [0.25, 0.3) is 5.91 Å².